The number of rotatable bonds is 12. The van der Waals surface area contributed by atoms with Gasteiger partial charge in [0.05, 0.1) is 19.0 Å². The molecular formula is C22H27FN2O4S. The molecule has 30 heavy (non-hydrogen) atoms. The fourth-order valence-electron chi connectivity index (χ4n) is 2.64. The molecular weight excluding hydrogens is 407 g/mol. The monoisotopic (exact) mass is 434 g/mol. The molecule has 2 amide bonds. The van der Waals surface area contributed by atoms with Crippen molar-refractivity contribution in [2.45, 2.75) is 5.75 Å². The van der Waals surface area contributed by atoms with Crippen LogP contribution in [0, 0.1) is 5.82 Å². The first kappa shape index (κ1) is 23.9. The Labute approximate surface area is 180 Å². The van der Waals surface area contributed by atoms with Crippen LogP contribution >= 0.6 is 11.8 Å². The minimum Gasteiger partial charge on any atom is -0.383 e. The van der Waals surface area contributed by atoms with Crippen LogP contribution in [-0.2, 0) is 20.0 Å². The first-order valence-corrected chi connectivity index (χ1v) is 10.7. The maximum Gasteiger partial charge on any atom is 0.254 e. The molecule has 0 fully saturated rings. The Morgan fingerprint density at radius 3 is 2.13 bits per heavy atom. The molecule has 6 nitrogen and oxygen atoms in total. The average Bonchev–Trinajstić information content (AvgIpc) is 2.75. The summed E-state index contributed by atoms with van der Waals surface area (Å²) in [6.07, 6.45) is 0. The molecule has 8 heteroatoms. The van der Waals surface area contributed by atoms with Gasteiger partial charge in [0.2, 0.25) is 5.91 Å². The molecule has 0 aliphatic rings. The molecule has 0 saturated carbocycles. The summed E-state index contributed by atoms with van der Waals surface area (Å²) < 4.78 is 23.0. The molecule has 162 valence electrons. The standard InChI is InChI=1S/C22H27FN2O4S/c1-28-13-11-25(12-14-29-2)22(27)18-5-3-17(4-6-18)15-30-16-21(26)24-20-9-7-19(23)8-10-20/h3-10H,11-16H2,1-2H3,(H,24,26). The van der Waals surface area contributed by atoms with E-state index in [-0.39, 0.29) is 23.4 Å². The number of hydrogen-bond acceptors (Lipinski definition) is 5. The first-order valence-electron chi connectivity index (χ1n) is 9.52. The third-order valence-electron chi connectivity index (χ3n) is 4.25. The van der Waals surface area contributed by atoms with Crippen molar-refractivity contribution in [3.8, 4) is 0 Å². The van der Waals surface area contributed by atoms with Crippen molar-refractivity contribution in [1.29, 1.82) is 0 Å². The van der Waals surface area contributed by atoms with Gasteiger partial charge in [-0.1, -0.05) is 12.1 Å². The van der Waals surface area contributed by atoms with Gasteiger partial charge in [-0.3, -0.25) is 9.59 Å². The number of ether oxygens (including phenoxy) is 2. The molecule has 0 atom stereocenters. The number of carbonyl (C=O) groups excluding carboxylic acids is 2. The van der Waals surface area contributed by atoms with Gasteiger partial charge >= 0.3 is 0 Å². The molecule has 0 aromatic heterocycles. The molecule has 0 spiro atoms. The molecule has 0 aliphatic heterocycles. The highest BCUT2D eigenvalue weighted by atomic mass is 32.2. The second-order valence-electron chi connectivity index (χ2n) is 6.52. The van der Waals surface area contributed by atoms with Gasteiger partial charge in [-0.15, -0.1) is 11.8 Å². The molecule has 0 heterocycles. The van der Waals surface area contributed by atoms with Crippen molar-refractivity contribution < 1.29 is 23.5 Å². The zero-order valence-electron chi connectivity index (χ0n) is 17.2. The minimum atomic E-state index is -0.343. The fourth-order valence-corrected chi connectivity index (χ4v) is 3.42. The van der Waals surface area contributed by atoms with Gasteiger partial charge in [0, 0.05) is 44.3 Å². The van der Waals surface area contributed by atoms with Crippen LogP contribution in [-0.4, -0.2) is 63.0 Å². The van der Waals surface area contributed by atoms with Gasteiger partial charge in [0.15, 0.2) is 0 Å². The van der Waals surface area contributed by atoms with Crippen LogP contribution in [0.1, 0.15) is 15.9 Å². The highest BCUT2D eigenvalue weighted by Crippen LogP contribution is 2.15. The number of benzene rings is 2. The van der Waals surface area contributed by atoms with Gasteiger partial charge in [-0.25, -0.2) is 4.39 Å². The summed E-state index contributed by atoms with van der Waals surface area (Å²) in [5, 5.41) is 2.73. The molecule has 0 radical (unpaired) electrons. The SMILES string of the molecule is COCCN(CCOC)C(=O)c1ccc(CSCC(=O)Nc2ccc(F)cc2)cc1. The summed E-state index contributed by atoms with van der Waals surface area (Å²) in [5.74, 6) is 0.361. The van der Waals surface area contributed by atoms with Gasteiger partial charge in [-0.05, 0) is 42.0 Å². The van der Waals surface area contributed by atoms with Gasteiger partial charge in [0.25, 0.3) is 5.91 Å². The second-order valence-corrected chi connectivity index (χ2v) is 7.51. The van der Waals surface area contributed by atoms with Crippen LogP contribution in [0.4, 0.5) is 10.1 Å². The number of methoxy groups -OCH3 is 2. The third kappa shape index (κ3) is 8.14. The van der Waals surface area contributed by atoms with E-state index in [1.165, 1.54) is 36.0 Å². The van der Waals surface area contributed by atoms with Crippen molar-refractivity contribution in [1.82, 2.24) is 4.90 Å². The van der Waals surface area contributed by atoms with Crippen molar-refractivity contribution in [3.63, 3.8) is 0 Å². The number of nitrogens with one attached hydrogen (secondary N) is 1. The predicted octanol–water partition coefficient (Wildman–Crippen LogP) is 3.43. The lowest BCUT2D eigenvalue weighted by Crippen LogP contribution is -2.36. The molecule has 0 bridgehead atoms. The number of nitrogens with zero attached hydrogens (tertiary/aromatic N) is 1. The summed E-state index contributed by atoms with van der Waals surface area (Å²) in [6.45, 7) is 1.92. The zero-order chi connectivity index (χ0) is 21.8. The maximum absolute atomic E-state index is 12.9. The van der Waals surface area contributed by atoms with E-state index in [0.29, 0.717) is 43.3 Å². The highest BCUT2D eigenvalue weighted by molar-refractivity contribution is 7.99. The summed E-state index contributed by atoms with van der Waals surface area (Å²) in [5.41, 5.74) is 2.19. The lowest BCUT2D eigenvalue weighted by atomic mass is 10.1. The van der Waals surface area contributed by atoms with E-state index in [4.69, 9.17) is 9.47 Å². The van der Waals surface area contributed by atoms with Crippen LogP contribution in [0.3, 0.4) is 0 Å². The number of amides is 2. The molecule has 0 saturated heterocycles. The number of halogens is 1. The van der Waals surface area contributed by atoms with E-state index in [9.17, 15) is 14.0 Å². The number of carbonyl (C=O) groups is 2. The number of anilines is 1. The van der Waals surface area contributed by atoms with Crippen LogP contribution in [0.25, 0.3) is 0 Å². The van der Waals surface area contributed by atoms with Crippen LogP contribution in [0.5, 0.6) is 0 Å². The van der Waals surface area contributed by atoms with E-state index in [1.807, 2.05) is 12.1 Å². The number of thioether (sulfide) groups is 1. The van der Waals surface area contributed by atoms with Crippen molar-refractivity contribution in [2.24, 2.45) is 0 Å². The summed E-state index contributed by atoms with van der Waals surface area (Å²) in [6, 6.07) is 13.0. The highest BCUT2D eigenvalue weighted by Gasteiger charge is 2.15. The normalized spacial score (nSPS) is 10.6. The predicted molar refractivity (Wildman–Crippen MR) is 117 cm³/mol. The van der Waals surface area contributed by atoms with Crippen LogP contribution in [0.15, 0.2) is 48.5 Å². The minimum absolute atomic E-state index is 0.0676. The van der Waals surface area contributed by atoms with Gasteiger partial charge in [0.1, 0.15) is 5.82 Å². The van der Waals surface area contributed by atoms with Crippen molar-refractivity contribution in [2.75, 3.05) is 51.6 Å². The van der Waals surface area contributed by atoms with E-state index in [2.05, 4.69) is 5.32 Å². The molecule has 0 aliphatic carbocycles. The van der Waals surface area contributed by atoms with Crippen LogP contribution < -0.4 is 5.32 Å². The second kappa shape index (κ2) is 13.0. The van der Waals surface area contributed by atoms with E-state index in [0.717, 1.165) is 5.56 Å². The molecule has 1 N–H and O–H groups in total. The van der Waals surface area contributed by atoms with E-state index >= 15 is 0 Å². The summed E-state index contributed by atoms with van der Waals surface area (Å²) >= 11 is 1.47. The molecule has 0 unspecified atom stereocenters. The van der Waals surface area contributed by atoms with Crippen molar-refractivity contribution in [3.05, 3.63) is 65.5 Å². The summed E-state index contributed by atoms with van der Waals surface area (Å²) in [7, 11) is 3.21. The molecule has 2 aromatic carbocycles. The quantitative estimate of drug-likeness (QED) is 0.554. The topological polar surface area (TPSA) is 67.9 Å². The Morgan fingerprint density at radius 2 is 1.57 bits per heavy atom. The first-order chi connectivity index (χ1) is 14.5. The van der Waals surface area contributed by atoms with E-state index in [1.54, 1.807) is 31.3 Å². The Hall–Kier alpha value is -2.42. The van der Waals surface area contributed by atoms with E-state index < -0.39 is 0 Å². The molecule has 2 aromatic rings. The Balaban J connectivity index is 1.82. The van der Waals surface area contributed by atoms with Crippen molar-refractivity contribution >= 4 is 29.3 Å². The lowest BCUT2D eigenvalue weighted by Gasteiger charge is -2.22. The third-order valence-corrected chi connectivity index (χ3v) is 5.25. The Morgan fingerprint density at radius 1 is 0.967 bits per heavy atom. The number of hydrogen-bond donors (Lipinski definition) is 1. The van der Waals surface area contributed by atoms with Gasteiger partial charge in [-0.2, -0.15) is 0 Å². The zero-order valence-corrected chi connectivity index (χ0v) is 18.0. The van der Waals surface area contributed by atoms with Gasteiger partial charge < -0.3 is 19.7 Å². The largest absolute Gasteiger partial charge is 0.383 e. The molecule has 2 rings (SSSR count). The lowest BCUT2D eigenvalue weighted by molar-refractivity contribution is -0.113. The average molecular weight is 435 g/mol. The fraction of sp³-hybridized carbons (Fsp3) is 0.364. The summed E-state index contributed by atoms with van der Waals surface area (Å²) in [4.78, 5) is 26.4. The maximum atomic E-state index is 12.9. The Bertz CT molecular complexity index is 792. The van der Waals surface area contributed by atoms with Crippen LogP contribution in [0.2, 0.25) is 0 Å². The smallest absolute Gasteiger partial charge is 0.254 e. The Kier molecular flexibility index (Phi) is 10.3.